The maximum atomic E-state index is 13.9. The summed E-state index contributed by atoms with van der Waals surface area (Å²) >= 11 is 0. The summed E-state index contributed by atoms with van der Waals surface area (Å²) in [4.78, 5) is 13.0. The number of hydrogen-bond acceptors (Lipinski definition) is 3. The Kier molecular flexibility index (Phi) is 8.38. The molecule has 4 fully saturated rings. The quantitative estimate of drug-likeness (QED) is 0.138. The SMILES string of the molecule is O=C1N[C@](c2ccc(F)cc2)(c2ccc(OCc3ccc(C[N+]45CCC(CC4)CC5)cc3)cc2)[C@H]1CC[C@H](O)c1ccc(F)cc1. The normalized spacial score (nSPS) is 25.8. The maximum Gasteiger partial charge on any atom is 0.227 e. The van der Waals surface area contributed by atoms with Crippen molar-refractivity contribution >= 4 is 5.91 Å². The molecule has 2 bridgehead atoms. The van der Waals surface area contributed by atoms with E-state index in [4.69, 9.17) is 4.74 Å². The molecule has 0 radical (unpaired) electrons. The highest BCUT2D eigenvalue weighted by molar-refractivity contribution is 5.90. The molecule has 0 saturated carbocycles. The van der Waals surface area contributed by atoms with Crippen LogP contribution in [0.3, 0.4) is 0 Å². The van der Waals surface area contributed by atoms with Crippen LogP contribution in [0.25, 0.3) is 0 Å². The number of carbonyl (C=O) groups excluding carboxylic acids is 1. The van der Waals surface area contributed by atoms with Gasteiger partial charge in [-0.1, -0.05) is 60.7 Å². The van der Waals surface area contributed by atoms with Crippen molar-refractivity contribution in [2.75, 3.05) is 19.6 Å². The largest absolute Gasteiger partial charge is 0.489 e. The van der Waals surface area contributed by atoms with Crippen LogP contribution in [0.15, 0.2) is 97.1 Å². The minimum absolute atomic E-state index is 0.131. The number of rotatable bonds is 11. The molecule has 3 atom stereocenters. The second-order valence-electron chi connectivity index (χ2n) is 13.5. The van der Waals surface area contributed by atoms with Gasteiger partial charge in [-0.05, 0) is 96.7 Å². The standard InChI is InChI=1S/C39H40F2N2O3/c40-33-11-5-30(6-12-33)37(44)18-17-36-38(45)42-39(36,31-7-13-34(41)14-8-31)32-9-15-35(16-10-32)46-26-29-3-1-28(2-4-29)25-43-22-19-27(20-23-43)21-24-43/h1-16,27,36-37,44H,17-26H2/p+1/t27?,36-,37-,39+,43?/m0/s1. The first-order valence-electron chi connectivity index (χ1n) is 16.5. The van der Waals surface area contributed by atoms with Crippen LogP contribution in [-0.2, 0) is 23.5 Å². The zero-order valence-electron chi connectivity index (χ0n) is 26.0. The number of aliphatic hydroxyl groups excluding tert-OH is 1. The molecule has 4 heterocycles. The van der Waals surface area contributed by atoms with E-state index in [1.165, 1.54) is 73.2 Å². The fourth-order valence-corrected chi connectivity index (χ4v) is 7.92. The Morgan fingerprint density at radius 3 is 1.91 bits per heavy atom. The Balaban J connectivity index is 1.03. The molecular weight excluding hydrogens is 582 g/mol. The minimum atomic E-state index is -0.878. The van der Waals surface area contributed by atoms with Gasteiger partial charge in [-0.2, -0.15) is 0 Å². The van der Waals surface area contributed by atoms with E-state index in [1.807, 2.05) is 24.3 Å². The van der Waals surface area contributed by atoms with E-state index in [-0.39, 0.29) is 17.5 Å². The Morgan fingerprint density at radius 1 is 0.783 bits per heavy atom. The first kappa shape index (κ1) is 30.6. The average molecular weight is 624 g/mol. The van der Waals surface area contributed by atoms with Gasteiger partial charge < -0.3 is 19.6 Å². The molecule has 4 saturated heterocycles. The topological polar surface area (TPSA) is 58.6 Å². The van der Waals surface area contributed by atoms with Crippen LogP contribution in [-0.4, -0.2) is 35.1 Å². The molecule has 4 aromatic carbocycles. The monoisotopic (exact) mass is 623 g/mol. The first-order chi connectivity index (χ1) is 22.3. The van der Waals surface area contributed by atoms with Crippen LogP contribution in [0.5, 0.6) is 5.75 Å². The maximum absolute atomic E-state index is 13.9. The van der Waals surface area contributed by atoms with Crippen molar-refractivity contribution in [3.05, 3.63) is 137 Å². The van der Waals surface area contributed by atoms with Gasteiger partial charge in [-0.3, -0.25) is 4.79 Å². The van der Waals surface area contributed by atoms with Crippen molar-refractivity contribution in [1.82, 2.24) is 5.32 Å². The molecule has 0 spiro atoms. The summed E-state index contributed by atoms with van der Waals surface area (Å²) in [6.45, 7) is 5.52. The lowest BCUT2D eigenvalue weighted by atomic mass is 9.65. The number of ether oxygens (including phenoxy) is 1. The van der Waals surface area contributed by atoms with Gasteiger partial charge in [-0.15, -0.1) is 0 Å². The number of β-lactam (4-membered cyclic amide) rings is 1. The number of nitrogens with one attached hydrogen (secondary N) is 1. The van der Waals surface area contributed by atoms with Gasteiger partial charge in [-0.25, -0.2) is 8.78 Å². The van der Waals surface area contributed by atoms with Crippen LogP contribution in [0.4, 0.5) is 8.78 Å². The number of fused-ring (bicyclic) bond motifs is 3. The Bertz CT molecular complexity index is 1640. The van der Waals surface area contributed by atoms with Gasteiger partial charge in [0.25, 0.3) is 0 Å². The summed E-state index contributed by atoms with van der Waals surface area (Å²) in [6.07, 6.45) is 3.99. The summed E-state index contributed by atoms with van der Waals surface area (Å²) in [5, 5.41) is 13.9. The van der Waals surface area contributed by atoms with E-state index < -0.39 is 17.6 Å². The number of piperidine rings is 3. The van der Waals surface area contributed by atoms with Crippen molar-refractivity contribution in [1.29, 1.82) is 0 Å². The Hall–Kier alpha value is -4.07. The highest BCUT2D eigenvalue weighted by atomic mass is 19.1. The highest BCUT2D eigenvalue weighted by Crippen LogP contribution is 2.47. The van der Waals surface area contributed by atoms with E-state index in [1.54, 1.807) is 24.3 Å². The van der Waals surface area contributed by atoms with Gasteiger partial charge in [0.05, 0.1) is 31.7 Å². The second kappa shape index (κ2) is 12.6. The third-order valence-electron chi connectivity index (χ3n) is 10.7. The number of amides is 1. The molecule has 8 rings (SSSR count). The molecule has 0 aromatic heterocycles. The lowest BCUT2D eigenvalue weighted by Crippen LogP contribution is -2.67. The average Bonchev–Trinajstić information content (AvgIpc) is 3.08. The summed E-state index contributed by atoms with van der Waals surface area (Å²) in [5.74, 6) is 0.332. The number of nitrogens with zero attached hydrogens (tertiary/aromatic N) is 1. The molecule has 7 heteroatoms. The van der Waals surface area contributed by atoms with Crippen LogP contribution >= 0.6 is 0 Å². The first-order valence-corrected chi connectivity index (χ1v) is 16.5. The molecule has 2 N–H and O–H groups in total. The zero-order valence-corrected chi connectivity index (χ0v) is 26.0. The van der Waals surface area contributed by atoms with Crippen molar-refractivity contribution < 1.29 is 27.9 Å². The van der Waals surface area contributed by atoms with Gasteiger partial charge in [0.2, 0.25) is 5.91 Å². The molecule has 5 nitrogen and oxygen atoms in total. The van der Waals surface area contributed by atoms with Gasteiger partial charge in [0.1, 0.15) is 36.1 Å². The van der Waals surface area contributed by atoms with Crippen molar-refractivity contribution in [2.45, 2.75) is 56.9 Å². The lowest BCUT2D eigenvalue weighted by Gasteiger charge is -2.50. The van der Waals surface area contributed by atoms with Crippen molar-refractivity contribution in [3.63, 3.8) is 0 Å². The number of benzene rings is 4. The minimum Gasteiger partial charge on any atom is -0.489 e. The zero-order chi connectivity index (χ0) is 31.7. The predicted octanol–water partition coefficient (Wildman–Crippen LogP) is 7.18. The number of carbonyl (C=O) groups is 1. The summed E-state index contributed by atoms with van der Waals surface area (Å²) in [5.41, 5.74) is 3.84. The van der Waals surface area contributed by atoms with Crippen LogP contribution in [0.2, 0.25) is 0 Å². The molecular formula is C39H41F2N2O3+. The van der Waals surface area contributed by atoms with E-state index in [0.717, 1.165) is 29.2 Å². The van der Waals surface area contributed by atoms with Crippen molar-refractivity contribution in [3.8, 4) is 5.75 Å². The molecule has 1 amide bonds. The number of quaternary nitrogens is 1. The third-order valence-corrected chi connectivity index (χ3v) is 10.7. The van der Waals surface area contributed by atoms with Gasteiger partial charge in [0.15, 0.2) is 0 Å². The Labute approximate surface area is 269 Å². The number of aliphatic hydroxyl groups is 1. The van der Waals surface area contributed by atoms with Gasteiger partial charge >= 0.3 is 0 Å². The molecule has 0 aliphatic carbocycles. The fraction of sp³-hybridized carbons (Fsp3) is 0.359. The molecule has 4 aliphatic rings. The second-order valence-corrected chi connectivity index (χ2v) is 13.5. The molecule has 4 aliphatic heterocycles. The fourth-order valence-electron chi connectivity index (χ4n) is 7.92. The summed E-state index contributed by atoms with van der Waals surface area (Å²) < 4.78 is 34.7. The predicted molar refractivity (Wildman–Crippen MR) is 173 cm³/mol. The van der Waals surface area contributed by atoms with E-state index in [9.17, 15) is 18.7 Å². The molecule has 238 valence electrons. The van der Waals surface area contributed by atoms with Crippen LogP contribution in [0.1, 0.15) is 66.0 Å². The molecule has 4 aromatic rings. The van der Waals surface area contributed by atoms with E-state index in [2.05, 4.69) is 29.6 Å². The molecule has 0 unspecified atom stereocenters. The highest BCUT2D eigenvalue weighted by Gasteiger charge is 2.55. The summed E-state index contributed by atoms with van der Waals surface area (Å²) in [7, 11) is 0. The van der Waals surface area contributed by atoms with Crippen LogP contribution < -0.4 is 10.1 Å². The smallest absolute Gasteiger partial charge is 0.227 e. The van der Waals surface area contributed by atoms with E-state index >= 15 is 0 Å². The lowest BCUT2D eigenvalue weighted by molar-refractivity contribution is -0.955. The van der Waals surface area contributed by atoms with Crippen molar-refractivity contribution in [2.24, 2.45) is 11.8 Å². The number of halogens is 2. The number of hydrogen-bond donors (Lipinski definition) is 2. The Morgan fingerprint density at radius 2 is 1.33 bits per heavy atom. The van der Waals surface area contributed by atoms with Crippen LogP contribution in [0, 0.1) is 23.5 Å². The molecule has 46 heavy (non-hydrogen) atoms. The summed E-state index contributed by atoms with van der Waals surface area (Å²) in [6, 6.07) is 28.4. The third kappa shape index (κ3) is 6.06. The van der Waals surface area contributed by atoms with E-state index in [0.29, 0.717) is 30.8 Å². The van der Waals surface area contributed by atoms with Gasteiger partial charge in [0, 0.05) is 5.56 Å².